The summed E-state index contributed by atoms with van der Waals surface area (Å²) in [4.78, 5) is 12.3. The minimum Gasteiger partial charge on any atom is -0.469 e. The van der Waals surface area contributed by atoms with E-state index in [0.29, 0.717) is 5.75 Å². The van der Waals surface area contributed by atoms with Crippen molar-refractivity contribution < 1.29 is 9.53 Å². The van der Waals surface area contributed by atoms with E-state index in [9.17, 15) is 4.79 Å². The number of anilines is 1. The summed E-state index contributed by atoms with van der Waals surface area (Å²) in [5, 5.41) is 0. The van der Waals surface area contributed by atoms with Gasteiger partial charge in [0, 0.05) is 16.3 Å². The molecule has 3 nitrogen and oxygen atoms in total. The van der Waals surface area contributed by atoms with Gasteiger partial charge >= 0.3 is 5.97 Å². The van der Waals surface area contributed by atoms with Gasteiger partial charge in [-0.25, -0.2) is 0 Å². The molecule has 0 spiro atoms. The van der Waals surface area contributed by atoms with Gasteiger partial charge in [0.1, 0.15) is 0 Å². The number of carbonyl (C=O) groups excluding carboxylic acids is 1. The van der Waals surface area contributed by atoms with Crippen LogP contribution in [0.1, 0.15) is 12.5 Å². The van der Waals surface area contributed by atoms with Crippen molar-refractivity contribution >= 4 is 23.4 Å². The number of carbonyl (C=O) groups is 1. The number of esters is 1. The molecule has 88 valence electrons. The molecule has 16 heavy (non-hydrogen) atoms. The van der Waals surface area contributed by atoms with Crippen LogP contribution in [0.3, 0.4) is 0 Å². The Morgan fingerprint density at radius 3 is 2.88 bits per heavy atom. The monoisotopic (exact) mass is 239 g/mol. The molecule has 1 rings (SSSR count). The summed E-state index contributed by atoms with van der Waals surface area (Å²) in [5.41, 5.74) is 7.64. The molecule has 0 aliphatic carbocycles. The van der Waals surface area contributed by atoms with Crippen LogP contribution < -0.4 is 5.73 Å². The van der Waals surface area contributed by atoms with E-state index in [1.165, 1.54) is 12.7 Å². The fourth-order valence-electron chi connectivity index (χ4n) is 1.26. The van der Waals surface area contributed by atoms with Crippen molar-refractivity contribution in [3.8, 4) is 0 Å². The first-order valence-corrected chi connectivity index (χ1v) is 6.10. The molecule has 0 heterocycles. The lowest BCUT2D eigenvalue weighted by molar-refractivity contribution is -0.143. The topological polar surface area (TPSA) is 52.3 Å². The molecule has 1 aromatic rings. The summed E-state index contributed by atoms with van der Waals surface area (Å²) in [6, 6.07) is 5.80. The number of hydrogen-bond acceptors (Lipinski definition) is 4. The third-order valence-electron chi connectivity index (χ3n) is 2.30. The van der Waals surface area contributed by atoms with Crippen LogP contribution in [0.5, 0.6) is 0 Å². The van der Waals surface area contributed by atoms with E-state index in [2.05, 4.69) is 4.74 Å². The van der Waals surface area contributed by atoms with Crippen LogP contribution in [-0.2, 0) is 9.53 Å². The van der Waals surface area contributed by atoms with Crippen LogP contribution in [0.2, 0.25) is 0 Å². The van der Waals surface area contributed by atoms with Crippen LogP contribution in [0.4, 0.5) is 5.69 Å². The zero-order valence-electron chi connectivity index (χ0n) is 9.82. The van der Waals surface area contributed by atoms with Crippen LogP contribution in [0.25, 0.3) is 0 Å². The standard InChI is InChI=1S/C12H17NO2S/c1-8-4-5-10(13)6-11(8)16-7-9(2)12(14)15-3/h4-6,9H,7,13H2,1-3H3. The van der Waals surface area contributed by atoms with Crippen LogP contribution >= 0.6 is 11.8 Å². The first-order valence-electron chi connectivity index (χ1n) is 5.11. The quantitative estimate of drug-likeness (QED) is 0.498. The molecular weight excluding hydrogens is 222 g/mol. The number of benzene rings is 1. The van der Waals surface area contributed by atoms with Gasteiger partial charge in [-0.05, 0) is 24.6 Å². The first kappa shape index (κ1) is 12.9. The van der Waals surface area contributed by atoms with E-state index < -0.39 is 0 Å². The Labute approximate surface area is 100 Å². The summed E-state index contributed by atoms with van der Waals surface area (Å²) in [6.07, 6.45) is 0. The summed E-state index contributed by atoms with van der Waals surface area (Å²) < 4.78 is 4.68. The molecule has 0 bridgehead atoms. The Hall–Kier alpha value is -1.16. The lowest BCUT2D eigenvalue weighted by atomic mass is 10.2. The molecule has 0 aliphatic heterocycles. The van der Waals surface area contributed by atoms with E-state index >= 15 is 0 Å². The van der Waals surface area contributed by atoms with Crippen molar-refractivity contribution in [2.75, 3.05) is 18.6 Å². The highest BCUT2D eigenvalue weighted by atomic mass is 32.2. The minimum absolute atomic E-state index is 0.101. The normalized spacial score (nSPS) is 12.2. The zero-order chi connectivity index (χ0) is 12.1. The summed E-state index contributed by atoms with van der Waals surface area (Å²) in [7, 11) is 1.41. The van der Waals surface area contributed by atoms with Gasteiger partial charge in [0.05, 0.1) is 13.0 Å². The fourth-order valence-corrected chi connectivity index (χ4v) is 2.34. The van der Waals surface area contributed by atoms with Crippen molar-refractivity contribution in [3.05, 3.63) is 23.8 Å². The molecule has 0 radical (unpaired) electrons. The molecule has 4 heteroatoms. The Kier molecular flexibility index (Phi) is 4.68. The minimum atomic E-state index is -0.172. The average molecular weight is 239 g/mol. The van der Waals surface area contributed by atoms with Crippen molar-refractivity contribution in [2.24, 2.45) is 5.92 Å². The van der Waals surface area contributed by atoms with Crippen molar-refractivity contribution in [1.82, 2.24) is 0 Å². The Morgan fingerprint density at radius 1 is 1.56 bits per heavy atom. The smallest absolute Gasteiger partial charge is 0.309 e. The lowest BCUT2D eigenvalue weighted by Crippen LogP contribution is -2.14. The van der Waals surface area contributed by atoms with Gasteiger partial charge in [0.25, 0.3) is 0 Å². The second-order valence-electron chi connectivity index (χ2n) is 3.76. The van der Waals surface area contributed by atoms with Crippen LogP contribution in [-0.4, -0.2) is 18.8 Å². The van der Waals surface area contributed by atoms with E-state index in [-0.39, 0.29) is 11.9 Å². The molecule has 2 N–H and O–H groups in total. The van der Waals surface area contributed by atoms with E-state index in [1.54, 1.807) is 11.8 Å². The molecule has 0 aromatic heterocycles. The third-order valence-corrected chi connectivity index (χ3v) is 3.72. The lowest BCUT2D eigenvalue weighted by Gasteiger charge is -2.10. The van der Waals surface area contributed by atoms with Gasteiger partial charge in [0.2, 0.25) is 0 Å². The third kappa shape index (κ3) is 3.45. The number of thioether (sulfide) groups is 1. The predicted octanol–water partition coefficient (Wildman–Crippen LogP) is 2.48. The molecule has 0 saturated heterocycles. The largest absolute Gasteiger partial charge is 0.469 e. The first-order chi connectivity index (χ1) is 7.54. The van der Waals surface area contributed by atoms with Gasteiger partial charge in [-0.1, -0.05) is 13.0 Å². The highest BCUT2D eigenvalue weighted by Gasteiger charge is 2.13. The maximum Gasteiger partial charge on any atom is 0.309 e. The highest BCUT2D eigenvalue weighted by molar-refractivity contribution is 7.99. The van der Waals surface area contributed by atoms with Crippen molar-refractivity contribution in [2.45, 2.75) is 18.7 Å². The molecule has 0 aliphatic rings. The summed E-state index contributed by atoms with van der Waals surface area (Å²) in [5.74, 6) is 0.432. The Morgan fingerprint density at radius 2 is 2.25 bits per heavy atom. The molecule has 0 fully saturated rings. The second-order valence-corrected chi connectivity index (χ2v) is 4.82. The van der Waals surface area contributed by atoms with E-state index in [1.807, 2.05) is 32.0 Å². The van der Waals surface area contributed by atoms with Crippen molar-refractivity contribution in [1.29, 1.82) is 0 Å². The average Bonchev–Trinajstić information content (AvgIpc) is 2.28. The maximum absolute atomic E-state index is 11.2. The number of hydrogen-bond donors (Lipinski definition) is 1. The Balaban J connectivity index is 2.60. The second kappa shape index (κ2) is 5.80. The number of aryl methyl sites for hydroxylation is 1. The number of rotatable bonds is 4. The highest BCUT2D eigenvalue weighted by Crippen LogP contribution is 2.26. The molecule has 1 unspecified atom stereocenters. The van der Waals surface area contributed by atoms with Gasteiger partial charge in [0.15, 0.2) is 0 Å². The molecular formula is C12H17NO2S. The SMILES string of the molecule is COC(=O)C(C)CSc1cc(N)ccc1C. The summed E-state index contributed by atoms with van der Waals surface area (Å²) >= 11 is 1.63. The van der Waals surface area contributed by atoms with Gasteiger partial charge < -0.3 is 10.5 Å². The van der Waals surface area contributed by atoms with Crippen LogP contribution in [0, 0.1) is 12.8 Å². The number of nitrogens with two attached hydrogens (primary N) is 1. The van der Waals surface area contributed by atoms with Gasteiger partial charge in [-0.15, -0.1) is 11.8 Å². The van der Waals surface area contributed by atoms with E-state index in [4.69, 9.17) is 5.73 Å². The molecule has 1 atom stereocenters. The predicted molar refractivity (Wildman–Crippen MR) is 67.5 cm³/mol. The maximum atomic E-state index is 11.2. The number of methoxy groups -OCH3 is 1. The molecule has 0 saturated carbocycles. The number of nitrogen functional groups attached to an aromatic ring is 1. The van der Waals surface area contributed by atoms with Crippen LogP contribution in [0.15, 0.2) is 23.1 Å². The zero-order valence-corrected chi connectivity index (χ0v) is 10.6. The Bertz CT molecular complexity index is 379. The summed E-state index contributed by atoms with van der Waals surface area (Å²) in [6.45, 7) is 3.89. The van der Waals surface area contributed by atoms with Gasteiger partial charge in [-0.3, -0.25) is 4.79 Å². The van der Waals surface area contributed by atoms with Gasteiger partial charge in [-0.2, -0.15) is 0 Å². The molecule has 0 amide bonds. The van der Waals surface area contributed by atoms with E-state index in [0.717, 1.165) is 10.6 Å². The van der Waals surface area contributed by atoms with Crippen molar-refractivity contribution in [3.63, 3.8) is 0 Å². The number of ether oxygens (including phenoxy) is 1. The fraction of sp³-hybridized carbons (Fsp3) is 0.417. The molecule has 1 aromatic carbocycles.